The molecule has 7 heteroatoms. The third-order valence-corrected chi connectivity index (χ3v) is 4.07. The summed E-state index contributed by atoms with van der Waals surface area (Å²) in [5, 5.41) is 19.7. The van der Waals surface area contributed by atoms with Crippen molar-refractivity contribution in [3.05, 3.63) is 11.7 Å². The van der Waals surface area contributed by atoms with Crippen LogP contribution in [0.1, 0.15) is 51.7 Å². The first-order valence-corrected chi connectivity index (χ1v) is 8.01. The van der Waals surface area contributed by atoms with E-state index < -0.39 is 0 Å². The summed E-state index contributed by atoms with van der Waals surface area (Å²) in [6.07, 6.45) is 2.82. The molecule has 126 valence electrons. The topological polar surface area (TPSA) is 95.6 Å². The second kappa shape index (κ2) is 9.40. The number of aryl methyl sites for hydroxylation is 1. The molecule has 0 amide bonds. The van der Waals surface area contributed by atoms with Gasteiger partial charge in [-0.1, -0.05) is 19.0 Å². The fourth-order valence-electron chi connectivity index (χ4n) is 2.35. The molecule has 1 heterocycles. The van der Waals surface area contributed by atoms with Gasteiger partial charge < -0.3 is 20.3 Å². The lowest BCUT2D eigenvalue weighted by atomic mass is 9.79. The minimum Gasteiger partial charge on any atom is -0.396 e. The molecule has 0 aliphatic carbocycles. The quantitative estimate of drug-likeness (QED) is 0.474. The number of aromatic nitrogens is 2. The molecule has 0 fully saturated rings. The van der Waals surface area contributed by atoms with Gasteiger partial charge in [0.1, 0.15) is 6.54 Å². The van der Waals surface area contributed by atoms with E-state index >= 15 is 0 Å². The van der Waals surface area contributed by atoms with Crippen LogP contribution in [0, 0.1) is 12.3 Å². The smallest absolute Gasteiger partial charge is 0.223 e. The predicted octanol–water partition coefficient (Wildman–Crippen LogP) is 1.62. The van der Waals surface area contributed by atoms with E-state index in [1.165, 1.54) is 0 Å². The average molecular weight is 311 g/mol. The lowest BCUT2D eigenvalue weighted by Gasteiger charge is -2.32. The summed E-state index contributed by atoms with van der Waals surface area (Å²) < 4.78 is 4.94. The lowest BCUT2D eigenvalue weighted by molar-refractivity contribution is 0.169. The van der Waals surface area contributed by atoms with Crippen molar-refractivity contribution in [2.45, 2.75) is 53.5 Å². The van der Waals surface area contributed by atoms with E-state index in [2.05, 4.69) is 39.6 Å². The standard InChI is InChI=1S/C15H29N5O2/c1-5-15(6-2,8-9-21)11-18-14(16-7-3)17-10-13-19-12(4)22-20-13/h21H,5-11H2,1-4H3,(H2,16,17,18). The first-order valence-electron chi connectivity index (χ1n) is 8.01. The van der Waals surface area contributed by atoms with Crippen LogP contribution in [0.3, 0.4) is 0 Å². The van der Waals surface area contributed by atoms with E-state index in [9.17, 15) is 5.11 Å². The molecule has 0 aliphatic rings. The largest absolute Gasteiger partial charge is 0.396 e. The Kier molecular flexibility index (Phi) is 7.87. The van der Waals surface area contributed by atoms with Crippen molar-refractivity contribution in [2.24, 2.45) is 10.4 Å². The fraction of sp³-hybridized carbons (Fsp3) is 0.800. The Hall–Kier alpha value is -1.63. The maximum Gasteiger partial charge on any atom is 0.223 e. The Morgan fingerprint density at radius 1 is 1.27 bits per heavy atom. The molecule has 0 atom stereocenters. The molecule has 0 aromatic carbocycles. The molecule has 0 bridgehead atoms. The minimum absolute atomic E-state index is 0.0909. The number of guanidine groups is 1. The summed E-state index contributed by atoms with van der Waals surface area (Å²) >= 11 is 0. The molecule has 7 nitrogen and oxygen atoms in total. The van der Waals surface area contributed by atoms with Gasteiger partial charge in [-0.2, -0.15) is 4.98 Å². The van der Waals surface area contributed by atoms with Gasteiger partial charge in [-0.05, 0) is 31.6 Å². The second-order valence-electron chi connectivity index (χ2n) is 5.46. The van der Waals surface area contributed by atoms with E-state index in [1.807, 2.05) is 6.92 Å². The summed E-state index contributed by atoms with van der Waals surface area (Å²) in [5.74, 6) is 1.85. The van der Waals surface area contributed by atoms with Crippen molar-refractivity contribution in [2.75, 3.05) is 19.7 Å². The van der Waals surface area contributed by atoms with Crippen LogP contribution >= 0.6 is 0 Å². The predicted molar refractivity (Wildman–Crippen MR) is 86.6 cm³/mol. The van der Waals surface area contributed by atoms with Crippen LogP contribution in [0.2, 0.25) is 0 Å². The van der Waals surface area contributed by atoms with E-state index in [1.54, 1.807) is 6.92 Å². The molecule has 0 saturated heterocycles. The summed E-state index contributed by atoms with van der Waals surface area (Å²) in [6, 6.07) is 0. The molecule has 1 aromatic heterocycles. The van der Waals surface area contributed by atoms with E-state index in [0.717, 1.165) is 38.3 Å². The molecule has 22 heavy (non-hydrogen) atoms. The van der Waals surface area contributed by atoms with Crippen molar-refractivity contribution < 1.29 is 9.63 Å². The Morgan fingerprint density at radius 2 is 2.00 bits per heavy atom. The molecule has 1 rings (SSSR count). The molecule has 0 radical (unpaired) electrons. The molecule has 0 saturated carbocycles. The Balaban J connectivity index is 2.66. The number of aliphatic imine (C=N–C) groups is 1. The summed E-state index contributed by atoms with van der Waals surface area (Å²) in [6.45, 7) is 10.2. The van der Waals surface area contributed by atoms with Gasteiger partial charge in [0.25, 0.3) is 0 Å². The number of rotatable bonds is 9. The van der Waals surface area contributed by atoms with E-state index in [-0.39, 0.29) is 12.0 Å². The molecule has 0 unspecified atom stereocenters. The summed E-state index contributed by atoms with van der Waals surface area (Å²) in [4.78, 5) is 8.62. The van der Waals surface area contributed by atoms with Crippen LogP contribution in [-0.2, 0) is 6.54 Å². The van der Waals surface area contributed by atoms with Gasteiger partial charge in [0.15, 0.2) is 11.8 Å². The molecule has 1 aromatic rings. The zero-order valence-corrected chi connectivity index (χ0v) is 14.1. The lowest BCUT2D eigenvalue weighted by Crippen LogP contribution is -2.43. The Bertz CT molecular complexity index is 455. The van der Waals surface area contributed by atoms with Gasteiger partial charge in [-0.25, -0.2) is 4.99 Å². The molecular weight excluding hydrogens is 282 g/mol. The first-order chi connectivity index (χ1) is 10.6. The normalized spacial score (nSPS) is 12.5. The maximum atomic E-state index is 9.29. The van der Waals surface area contributed by atoms with Gasteiger partial charge >= 0.3 is 0 Å². The number of hydrogen-bond acceptors (Lipinski definition) is 5. The first kappa shape index (κ1) is 18.4. The van der Waals surface area contributed by atoms with Gasteiger partial charge in [0, 0.05) is 26.6 Å². The molecular formula is C15H29N5O2. The average Bonchev–Trinajstić information content (AvgIpc) is 2.94. The number of hydrogen-bond donors (Lipinski definition) is 3. The molecule has 3 N–H and O–H groups in total. The van der Waals surface area contributed by atoms with Crippen LogP contribution in [0.25, 0.3) is 0 Å². The van der Waals surface area contributed by atoms with E-state index in [4.69, 9.17) is 4.52 Å². The van der Waals surface area contributed by atoms with Crippen LogP contribution in [-0.4, -0.2) is 40.9 Å². The SMILES string of the molecule is CCNC(=NCc1noc(C)n1)NCC(CC)(CC)CCO. The third-order valence-electron chi connectivity index (χ3n) is 4.07. The van der Waals surface area contributed by atoms with Crippen LogP contribution in [0.15, 0.2) is 9.52 Å². The molecule has 0 aliphatic heterocycles. The highest BCUT2D eigenvalue weighted by Crippen LogP contribution is 2.29. The number of aliphatic hydroxyl groups is 1. The van der Waals surface area contributed by atoms with Crippen molar-refractivity contribution in [3.63, 3.8) is 0 Å². The minimum atomic E-state index is 0.0909. The van der Waals surface area contributed by atoms with Gasteiger partial charge in [0.05, 0.1) is 0 Å². The van der Waals surface area contributed by atoms with Crippen molar-refractivity contribution in [1.82, 2.24) is 20.8 Å². The van der Waals surface area contributed by atoms with Crippen LogP contribution in [0.5, 0.6) is 0 Å². The van der Waals surface area contributed by atoms with E-state index in [0.29, 0.717) is 18.3 Å². The highest BCUT2D eigenvalue weighted by atomic mass is 16.5. The van der Waals surface area contributed by atoms with Crippen molar-refractivity contribution in [3.8, 4) is 0 Å². The van der Waals surface area contributed by atoms with Crippen molar-refractivity contribution >= 4 is 5.96 Å². The zero-order valence-electron chi connectivity index (χ0n) is 14.1. The van der Waals surface area contributed by atoms with Gasteiger partial charge in [0.2, 0.25) is 5.89 Å². The summed E-state index contributed by atoms with van der Waals surface area (Å²) in [5.41, 5.74) is 0.0909. The monoisotopic (exact) mass is 311 g/mol. The zero-order chi connectivity index (χ0) is 16.4. The van der Waals surface area contributed by atoms with Crippen LogP contribution in [0.4, 0.5) is 0 Å². The van der Waals surface area contributed by atoms with Gasteiger partial charge in [-0.3, -0.25) is 0 Å². The number of aliphatic hydroxyl groups excluding tert-OH is 1. The second-order valence-corrected chi connectivity index (χ2v) is 5.46. The number of nitrogens with one attached hydrogen (secondary N) is 2. The van der Waals surface area contributed by atoms with Crippen LogP contribution < -0.4 is 10.6 Å². The number of nitrogens with zero attached hydrogens (tertiary/aromatic N) is 3. The highest BCUT2D eigenvalue weighted by molar-refractivity contribution is 5.79. The maximum absolute atomic E-state index is 9.29. The Labute approximate surface area is 132 Å². The fourth-order valence-corrected chi connectivity index (χ4v) is 2.35. The molecule has 0 spiro atoms. The third kappa shape index (κ3) is 5.63. The highest BCUT2D eigenvalue weighted by Gasteiger charge is 2.25. The summed E-state index contributed by atoms with van der Waals surface area (Å²) in [7, 11) is 0. The Morgan fingerprint density at radius 3 is 2.50 bits per heavy atom. The van der Waals surface area contributed by atoms with Gasteiger partial charge in [-0.15, -0.1) is 0 Å². The van der Waals surface area contributed by atoms with Crippen molar-refractivity contribution in [1.29, 1.82) is 0 Å².